The van der Waals surface area contributed by atoms with Crippen molar-refractivity contribution in [2.75, 3.05) is 0 Å². The molecule has 0 aliphatic carbocycles. The van der Waals surface area contributed by atoms with Gasteiger partial charge < -0.3 is 0 Å². The van der Waals surface area contributed by atoms with E-state index in [1.54, 1.807) is 47.5 Å². The van der Waals surface area contributed by atoms with Gasteiger partial charge in [-0.15, -0.1) is 0 Å². The molecule has 6 rings (SSSR count). The molecule has 0 amide bonds. The Labute approximate surface area is 190 Å². The highest BCUT2D eigenvalue weighted by atomic mass is 32.2. The molecule has 0 saturated heterocycles. The maximum Gasteiger partial charge on any atom is 0.269 e. The zero-order valence-corrected chi connectivity index (χ0v) is 18.8. The summed E-state index contributed by atoms with van der Waals surface area (Å²) in [5.41, 5.74) is 4.27. The molecule has 162 valence electrons. The van der Waals surface area contributed by atoms with E-state index in [0.717, 1.165) is 38.3 Å². The quantitative estimate of drug-likeness (QED) is 0.388. The third-order valence-electron chi connectivity index (χ3n) is 5.96. The number of pyridine rings is 2. The van der Waals surface area contributed by atoms with Gasteiger partial charge in [0.15, 0.2) is 5.65 Å². The van der Waals surface area contributed by atoms with Crippen LogP contribution in [0.2, 0.25) is 0 Å². The highest BCUT2D eigenvalue weighted by molar-refractivity contribution is 7.90. The van der Waals surface area contributed by atoms with Crippen molar-refractivity contribution in [3.63, 3.8) is 0 Å². The summed E-state index contributed by atoms with van der Waals surface area (Å²) in [6.45, 7) is 1.93. The van der Waals surface area contributed by atoms with Gasteiger partial charge in [0.1, 0.15) is 0 Å². The summed E-state index contributed by atoms with van der Waals surface area (Å²) in [6, 6.07) is 18.3. The van der Waals surface area contributed by atoms with Crippen molar-refractivity contribution >= 4 is 42.9 Å². The van der Waals surface area contributed by atoms with E-state index in [-0.39, 0.29) is 4.90 Å². The zero-order chi connectivity index (χ0) is 22.7. The Balaban J connectivity index is 1.78. The van der Waals surface area contributed by atoms with Gasteiger partial charge in [0.25, 0.3) is 10.0 Å². The van der Waals surface area contributed by atoms with Crippen molar-refractivity contribution < 1.29 is 8.42 Å². The third kappa shape index (κ3) is 2.87. The average molecular weight is 454 g/mol. The second-order valence-corrected chi connectivity index (χ2v) is 9.84. The van der Waals surface area contributed by atoms with Gasteiger partial charge in [0, 0.05) is 41.2 Å². The van der Waals surface area contributed by atoms with E-state index in [1.165, 1.54) is 3.97 Å². The van der Waals surface area contributed by atoms with Crippen molar-refractivity contribution in [3.05, 3.63) is 84.8 Å². The molecule has 0 spiro atoms. The van der Waals surface area contributed by atoms with E-state index in [4.69, 9.17) is 0 Å². The first kappa shape index (κ1) is 19.6. The Kier molecular flexibility index (Phi) is 4.15. The number of aryl methyl sites for hydroxylation is 2. The molecule has 33 heavy (non-hydrogen) atoms. The van der Waals surface area contributed by atoms with Crippen molar-refractivity contribution in [3.8, 4) is 11.3 Å². The molecule has 0 atom stereocenters. The molecule has 8 heteroatoms. The minimum atomic E-state index is -3.95. The van der Waals surface area contributed by atoms with Gasteiger partial charge in [-0.05, 0) is 37.3 Å². The van der Waals surface area contributed by atoms with Crippen LogP contribution in [-0.4, -0.2) is 32.1 Å². The Hall–Kier alpha value is -4.04. The molecule has 0 aliphatic heterocycles. The van der Waals surface area contributed by atoms with Crippen LogP contribution in [0.25, 0.3) is 44.1 Å². The van der Waals surface area contributed by atoms with Crippen molar-refractivity contribution in [2.45, 2.75) is 11.8 Å². The van der Waals surface area contributed by atoms with Gasteiger partial charge in [-0.25, -0.2) is 17.4 Å². The number of hydrogen-bond acceptors (Lipinski definition) is 5. The first-order valence-corrected chi connectivity index (χ1v) is 11.9. The molecule has 4 aromatic heterocycles. The smallest absolute Gasteiger partial charge is 0.267 e. The number of benzene rings is 2. The van der Waals surface area contributed by atoms with Crippen molar-refractivity contribution in [1.82, 2.24) is 23.7 Å². The molecule has 6 aromatic rings. The molecule has 0 unspecified atom stereocenters. The molecule has 0 saturated carbocycles. The highest BCUT2D eigenvalue weighted by Gasteiger charge is 2.27. The Morgan fingerprint density at radius 3 is 2.52 bits per heavy atom. The summed E-state index contributed by atoms with van der Waals surface area (Å²) in [5.74, 6) is 0. The standard InChI is InChI=1S/C25H19N5O2S/c1-16-8-10-18(11-9-16)33(31,32)30-23(20-5-3-7-22-19(20)6-4-12-26-22)13-21-24-17(14-27-25(21)30)15-28-29(24)2/h3-15H,1-2H3. The monoisotopic (exact) mass is 453 g/mol. The molecular formula is C25H19N5O2S. The predicted molar refractivity (Wildman–Crippen MR) is 129 cm³/mol. The lowest BCUT2D eigenvalue weighted by molar-refractivity contribution is 0.589. The van der Waals surface area contributed by atoms with E-state index in [9.17, 15) is 8.42 Å². The van der Waals surface area contributed by atoms with Crippen LogP contribution in [0.1, 0.15) is 5.56 Å². The largest absolute Gasteiger partial charge is 0.269 e. The SMILES string of the molecule is Cc1ccc(S(=O)(=O)n2c(-c3cccc4ncccc34)cc3c4c(cnc32)cnn4C)cc1. The fraction of sp³-hybridized carbons (Fsp3) is 0.0800. The van der Waals surface area contributed by atoms with E-state index in [1.807, 2.05) is 50.4 Å². The van der Waals surface area contributed by atoms with Crippen LogP contribution in [0.4, 0.5) is 0 Å². The molecule has 0 bridgehead atoms. The van der Waals surface area contributed by atoms with Crippen LogP contribution in [0.15, 0.2) is 84.1 Å². The fourth-order valence-corrected chi connectivity index (χ4v) is 5.84. The molecular weight excluding hydrogens is 434 g/mol. The second-order valence-electron chi connectivity index (χ2n) is 8.06. The molecule has 0 radical (unpaired) electrons. The first-order chi connectivity index (χ1) is 15.9. The van der Waals surface area contributed by atoms with E-state index in [2.05, 4.69) is 15.1 Å². The number of hydrogen-bond donors (Lipinski definition) is 0. The number of fused-ring (bicyclic) bond motifs is 4. The third-order valence-corrected chi connectivity index (χ3v) is 7.68. The fourth-order valence-electron chi connectivity index (χ4n) is 4.36. The maximum absolute atomic E-state index is 14.0. The van der Waals surface area contributed by atoms with Gasteiger partial charge in [-0.3, -0.25) is 9.67 Å². The van der Waals surface area contributed by atoms with Gasteiger partial charge in [-0.2, -0.15) is 5.10 Å². The minimum absolute atomic E-state index is 0.206. The van der Waals surface area contributed by atoms with Crippen LogP contribution in [-0.2, 0) is 17.1 Å². The second kappa shape index (κ2) is 6.98. The number of nitrogens with zero attached hydrogens (tertiary/aromatic N) is 5. The van der Waals surface area contributed by atoms with Crippen LogP contribution >= 0.6 is 0 Å². The number of aromatic nitrogens is 5. The maximum atomic E-state index is 14.0. The lowest BCUT2D eigenvalue weighted by Crippen LogP contribution is -2.15. The zero-order valence-electron chi connectivity index (χ0n) is 18.0. The Morgan fingerprint density at radius 1 is 0.879 bits per heavy atom. The summed E-state index contributed by atoms with van der Waals surface area (Å²) in [7, 11) is -2.10. The summed E-state index contributed by atoms with van der Waals surface area (Å²) in [5, 5.41) is 6.78. The van der Waals surface area contributed by atoms with E-state index >= 15 is 0 Å². The van der Waals surface area contributed by atoms with Gasteiger partial charge in [0.05, 0.1) is 27.8 Å². The van der Waals surface area contributed by atoms with Crippen molar-refractivity contribution in [2.24, 2.45) is 7.05 Å². The summed E-state index contributed by atoms with van der Waals surface area (Å²) in [4.78, 5) is 9.23. The summed E-state index contributed by atoms with van der Waals surface area (Å²) >= 11 is 0. The molecule has 7 nitrogen and oxygen atoms in total. The first-order valence-electron chi connectivity index (χ1n) is 10.4. The van der Waals surface area contributed by atoms with Gasteiger partial charge in [0.2, 0.25) is 0 Å². The normalized spacial score (nSPS) is 12.2. The van der Waals surface area contributed by atoms with Crippen LogP contribution in [0, 0.1) is 6.92 Å². The molecule has 2 aromatic carbocycles. The highest BCUT2D eigenvalue weighted by Crippen LogP contribution is 2.37. The predicted octanol–water partition coefficient (Wildman–Crippen LogP) is 4.68. The van der Waals surface area contributed by atoms with Gasteiger partial charge >= 0.3 is 0 Å². The topological polar surface area (TPSA) is 82.7 Å². The lowest BCUT2D eigenvalue weighted by Gasteiger charge is -2.13. The Bertz CT molecular complexity index is 1790. The van der Waals surface area contributed by atoms with Crippen LogP contribution in [0.5, 0.6) is 0 Å². The average Bonchev–Trinajstić information content (AvgIpc) is 3.40. The van der Waals surface area contributed by atoms with Crippen LogP contribution < -0.4 is 0 Å². The van der Waals surface area contributed by atoms with E-state index in [0.29, 0.717) is 11.3 Å². The summed E-state index contributed by atoms with van der Waals surface area (Å²) < 4.78 is 31.1. The number of rotatable bonds is 3. The molecule has 0 aliphatic rings. The van der Waals surface area contributed by atoms with E-state index < -0.39 is 10.0 Å². The Morgan fingerprint density at radius 2 is 1.70 bits per heavy atom. The van der Waals surface area contributed by atoms with Crippen molar-refractivity contribution in [1.29, 1.82) is 0 Å². The lowest BCUT2D eigenvalue weighted by atomic mass is 10.1. The molecule has 4 heterocycles. The summed E-state index contributed by atoms with van der Waals surface area (Å²) in [6.07, 6.45) is 5.13. The minimum Gasteiger partial charge on any atom is -0.267 e. The van der Waals surface area contributed by atoms with Gasteiger partial charge in [-0.1, -0.05) is 35.9 Å². The molecule has 0 N–H and O–H groups in total. The van der Waals surface area contributed by atoms with Crippen LogP contribution in [0.3, 0.4) is 0 Å². The molecule has 0 fully saturated rings.